The fraction of sp³-hybridized carbons (Fsp3) is 0.680. The van der Waals surface area contributed by atoms with Gasteiger partial charge in [0.25, 0.3) is 0 Å². The Labute approximate surface area is 208 Å². The minimum atomic E-state index is -4.45. The second kappa shape index (κ2) is 10.5. The number of ketones is 1. The molecule has 5 rings (SSSR count). The first-order valence-electron chi connectivity index (χ1n) is 12.7. The summed E-state index contributed by atoms with van der Waals surface area (Å²) in [6, 6.07) is 3.90. The van der Waals surface area contributed by atoms with Gasteiger partial charge in [-0.05, 0) is 18.6 Å². The number of morpholine rings is 1. The molecule has 36 heavy (non-hydrogen) atoms. The van der Waals surface area contributed by atoms with E-state index >= 15 is 0 Å². The predicted molar refractivity (Wildman–Crippen MR) is 124 cm³/mol. The zero-order valence-electron chi connectivity index (χ0n) is 20.2. The molecule has 4 fully saturated rings. The standard InChI is InChI=1S/C25H32F3N3O5/c26-25(27,28)21-2-1-20(14-22(21)29-9-11-34-12-10-29)36-19-3-6-30(7-4-19)24(33)31-8-5-23-17(15-31)13-18(32)16-35-23/h1-2,14,17,19,23H,3-13,15-16H2/t17-,23+/m1/s1. The Balaban J connectivity index is 1.17. The Bertz CT molecular complexity index is 961. The molecule has 0 saturated carbocycles. The Morgan fingerprint density at radius 1 is 1.00 bits per heavy atom. The molecule has 4 aliphatic heterocycles. The summed E-state index contributed by atoms with van der Waals surface area (Å²) in [5.74, 6) is 0.548. The molecule has 4 heterocycles. The molecule has 0 spiro atoms. The van der Waals surface area contributed by atoms with Crippen LogP contribution in [0.5, 0.6) is 5.75 Å². The van der Waals surface area contributed by atoms with E-state index in [4.69, 9.17) is 14.2 Å². The largest absolute Gasteiger partial charge is 0.490 e. The molecule has 11 heteroatoms. The molecule has 198 valence electrons. The number of carbonyl (C=O) groups is 2. The van der Waals surface area contributed by atoms with Crippen molar-refractivity contribution in [3.05, 3.63) is 23.8 Å². The van der Waals surface area contributed by atoms with E-state index in [2.05, 4.69) is 0 Å². The van der Waals surface area contributed by atoms with Crippen molar-refractivity contribution in [2.45, 2.75) is 44.1 Å². The molecule has 0 N–H and O–H groups in total. The normalized spacial score (nSPS) is 26.1. The van der Waals surface area contributed by atoms with Gasteiger partial charge in [0.1, 0.15) is 18.5 Å². The van der Waals surface area contributed by atoms with Crippen molar-refractivity contribution in [1.29, 1.82) is 0 Å². The third-order valence-corrected chi connectivity index (χ3v) is 7.52. The number of alkyl halides is 3. The van der Waals surface area contributed by atoms with Crippen molar-refractivity contribution in [1.82, 2.24) is 9.80 Å². The summed E-state index contributed by atoms with van der Waals surface area (Å²) in [6.07, 6.45) is -2.19. The number of rotatable bonds is 3. The van der Waals surface area contributed by atoms with Gasteiger partial charge in [-0.25, -0.2) is 4.79 Å². The number of hydrogen-bond acceptors (Lipinski definition) is 6. The van der Waals surface area contributed by atoms with Crippen molar-refractivity contribution in [2.24, 2.45) is 5.92 Å². The average molecular weight is 512 g/mol. The van der Waals surface area contributed by atoms with Crippen molar-refractivity contribution >= 4 is 17.5 Å². The number of carbonyl (C=O) groups excluding carboxylic acids is 2. The van der Waals surface area contributed by atoms with Gasteiger partial charge in [-0.3, -0.25) is 4.79 Å². The summed E-state index contributed by atoms with van der Waals surface area (Å²) in [6.45, 7) is 3.91. The van der Waals surface area contributed by atoms with Gasteiger partial charge in [0.15, 0.2) is 5.78 Å². The molecule has 2 amide bonds. The van der Waals surface area contributed by atoms with E-state index in [-0.39, 0.29) is 42.2 Å². The SMILES string of the molecule is O=C1CO[C@H]2CCN(C(=O)N3CCC(Oc4ccc(C(F)(F)F)c(N5CCOCC5)c4)CC3)C[C@H]2C1. The van der Waals surface area contributed by atoms with Crippen LogP contribution in [0.2, 0.25) is 0 Å². The van der Waals surface area contributed by atoms with Crippen molar-refractivity contribution < 1.29 is 37.0 Å². The molecular formula is C25H32F3N3O5. The van der Waals surface area contributed by atoms with E-state index in [1.165, 1.54) is 12.1 Å². The maximum atomic E-state index is 13.6. The van der Waals surface area contributed by atoms with E-state index in [1.54, 1.807) is 9.80 Å². The number of urea groups is 1. The number of anilines is 1. The first-order chi connectivity index (χ1) is 17.3. The fourth-order valence-corrected chi connectivity index (χ4v) is 5.60. The Morgan fingerprint density at radius 3 is 2.44 bits per heavy atom. The lowest BCUT2D eigenvalue weighted by Crippen LogP contribution is -2.55. The van der Waals surface area contributed by atoms with Gasteiger partial charge < -0.3 is 28.9 Å². The molecule has 0 bridgehead atoms. The van der Waals surface area contributed by atoms with E-state index in [1.807, 2.05) is 4.90 Å². The number of fused-ring (bicyclic) bond motifs is 1. The van der Waals surface area contributed by atoms with Gasteiger partial charge in [-0.15, -0.1) is 0 Å². The quantitative estimate of drug-likeness (QED) is 0.621. The maximum absolute atomic E-state index is 13.6. The minimum absolute atomic E-state index is 0.0333. The maximum Gasteiger partial charge on any atom is 0.418 e. The molecule has 4 aliphatic rings. The van der Waals surface area contributed by atoms with E-state index < -0.39 is 11.7 Å². The number of amides is 2. The lowest BCUT2D eigenvalue weighted by molar-refractivity contribution is -0.140. The van der Waals surface area contributed by atoms with E-state index in [0.717, 1.165) is 12.5 Å². The monoisotopic (exact) mass is 511 g/mol. The summed E-state index contributed by atoms with van der Waals surface area (Å²) in [4.78, 5) is 30.1. The molecule has 8 nitrogen and oxygen atoms in total. The smallest absolute Gasteiger partial charge is 0.418 e. The van der Waals surface area contributed by atoms with Crippen LogP contribution in [-0.4, -0.2) is 92.9 Å². The van der Waals surface area contributed by atoms with Crippen LogP contribution < -0.4 is 9.64 Å². The second-order valence-corrected chi connectivity index (χ2v) is 9.95. The molecule has 0 aromatic heterocycles. The Hall–Kier alpha value is -2.53. The molecule has 0 radical (unpaired) electrons. The second-order valence-electron chi connectivity index (χ2n) is 9.95. The number of piperidine rings is 2. The number of ether oxygens (including phenoxy) is 3. The van der Waals surface area contributed by atoms with Crippen molar-refractivity contribution in [2.75, 3.05) is 64.0 Å². The van der Waals surface area contributed by atoms with Crippen LogP contribution in [0.1, 0.15) is 31.2 Å². The average Bonchev–Trinajstić information content (AvgIpc) is 2.88. The fourth-order valence-electron chi connectivity index (χ4n) is 5.60. The topological polar surface area (TPSA) is 71.5 Å². The highest BCUT2D eigenvalue weighted by atomic mass is 19.4. The van der Waals surface area contributed by atoms with E-state index in [9.17, 15) is 22.8 Å². The van der Waals surface area contributed by atoms with Gasteiger partial charge in [0, 0.05) is 70.5 Å². The van der Waals surface area contributed by atoms with Gasteiger partial charge in [0.2, 0.25) is 0 Å². The van der Waals surface area contributed by atoms with Crippen LogP contribution in [0.15, 0.2) is 18.2 Å². The first kappa shape index (κ1) is 25.1. The highest BCUT2D eigenvalue weighted by Crippen LogP contribution is 2.39. The summed E-state index contributed by atoms with van der Waals surface area (Å²) < 4.78 is 57.8. The van der Waals surface area contributed by atoms with Gasteiger partial charge in [-0.1, -0.05) is 0 Å². The number of halogens is 3. The number of likely N-dealkylation sites (tertiary alicyclic amines) is 2. The van der Waals surface area contributed by atoms with Crippen molar-refractivity contribution in [3.8, 4) is 5.75 Å². The van der Waals surface area contributed by atoms with Crippen LogP contribution in [0, 0.1) is 5.92 Å². The predicted octanol–water partition coefficient (Wildman–Crippen LogP) is 3.19. The molecule has 4 saturated heterocycles. The number of hydrogen-bond donors (Lipinski definition) is 0. The third-order valence-electron chi connectivity index (χ3n) is 7.52. The summed E-state index contributed by atoms with van der Waals surface area (Å²) in [7, 11) is 0. The van der Waals surface area contributed by atoms with Gasteiger partial charge in [-0.2, -0.15) is 13.2 Å². The van der Waals surface area contributed by atoms with Crippen LogP contribution in [0.25, 0.3) is 0 Å². The molecule has 0 aliphatic carbocycles. The first-order valence-corrected chi connectivity index (χ1v) is 12.7. The Morgan fingerprint density at radius 2 is 1.72 bits per heavy atom. The Kier molecular flexibility index (Phi) is 7.30. The molecule has 0 unspecified atom stereocenters. The van der Waals surface area contributed by atoms with Crippen LogP contribution in [0.4, 0.5) is 23.7 Å². The van der Waals surface area contributed by atoms with Gasteiger partial charge in [0.05, 0.1) is 30.6 Å². The highest BCUT2D eigenvalue weighted by molar-refractivity contribution is 5.81. The van der Waals surface area contributed by atoms with Gasteiger partial charge >= 0.3 is 12.2 Å². The van der Waals surface area contributed by atoms with Crippen molar-refractivity contribution in [3.63, 3.8) is 0 Å². The molecule has 2 atom stereocenters. The number of Topliss-reactive ketones (excluding diaryl/α,β-unsaturated/α-hetero) is 1. The van der Waals surface area contributed by atoms with Crippen LogP contribution in [-0.2, 0) is 20.4 Å². The molecular weight excluding hydrogens is 479 g/mol. The summed E-state index contributed by atoms with van der Waals surface area (Å²) in [5.41, 5.74) is -0.560. The number of benzene rings is 1. The lowest BCUT2D eigenvalue weighted by atomic mass is 9.88. The van der Waals surface area contributed by atoms with E-state index in [0.29, 0.717) is 77.5 Å². The number of nitrogens with zero attached hydrogens (tertiary/aromatic N) is 3. The zero-order valence-corrected chi connectivity index (χ0v) is 20.2. The zero-order chi connectivity index (χ0) is 25.3. The van der Waals surface area contributed by atoms with Crippen LogP contribution >= 0.6 is 0 Å². The summed E-state index contributed by atoms with van der Waals surface area (Å²) in [5, 5.41) is 0. The third kappa shape index (κ3) is 5.56. The lowest BCUT2D eigenvalue weighted by Gasteiger charge is -2.43. The molecule has 1 aromatic carbocycles. The minimum Gasteiger partial charge on any atom is -0.490 e. The molecule has 1 aromatic rings. The highest BCUT2D eigenvalue weighted by Gasteiger charge is 2.39. The van der Waals surface area contributed by atoms with Crippen LogP contribution in [0.3, 0.4) is 0 Å². The summed E-state index contributed by atoms with van der Waals surface area (Å²) >= 11 is 0.